The van der Waals surface area contributed by atoms with Gasteiger partial charge in [-0.1, -0.05) is 42.5 Å². The first-order valence-corrected chi connectivity index (χ1v) is 7.77. The lowest BCUT2D eigenvalue weighted by atomic mass is 9.88. The van der Waals surface area contributed by atoms with Crippen LogP contribution in [0.4, 0.5) is 0 Å². The van der Waals surface area contributed by atoms with Gasteiger partial charge in [0, 0.05) is 31.5 Å². The Labute approximate surface area is 126 Å². The molecule has 1 saturated heterocycles. The molecule has 4 rings (SSSR count). The molecular weight excluding hydrogens is 256 g/mol. The highest BCUT2D eigenvalue weighted by molar-refractivity contribution is 5.66. The van der Waals surface area contributed by atoms with Gasteiger partial charge in [0.2, 0.25) is 0 Å². The molecule has 2 nitrogen and oxygen atoms in total. The third kappa shape index (κ3) is 2.64. The van der Waals surface area contributed by atoms with Crippen LogP contribution in [0.2, 0.25) is 0 Å². The Hall–Kier alpha value is -1.93. The average molecular weight is 276 g/mol. The number of hydrogen-bond acceptors (Lipinski definition) is 2. The van der Waals surface area contributed by atoms with Crippen LogP contribution in [0, 0.1) is 5.92 Å². The molecule has 0 saturated carbocycles. The molecule has 1 fully saturated rings. The lowest BCUT2D eigenvalue weighted by molar-refractivity contribution is 0.248. The molecule has 1 aromatic heterocycles. The Balaban J connectivity index is 1.50. The molecule has 0 amide bonds. The van der Waals surface area contributed by atoms with Crippen molar-refractivity contribution in [3.63, 3.8) is 0 Å². The van der Waals surface area contributed by atoms with Gasteiger partial charge in [-0.05, 0) is 41.5 Å². The number of benzene rings is 1. The summed E-state index contributed by atoms with van der Waals surface area (Å²) in [6.07, 6.45) is 8.81. The van der Waals surface area contributed by atoms with E-state index in [1.807, 2.05) is 18.5 Å². The number of rotatable bonds is 3. The zero-order valence-corrected chi connectivity index (χ0v) is 12.2. The molecule has 0 N–H and O–H groups in total. The van der Waals surface area contributed by atoms with E-state index in [9.17, 15) is 0 Å². The average Bonchev–Trinajstić information content (AvgIpc) is 2.82. The maximum Gasteiger partial charge on any atom is 0.0342 e. The van der Waals surface area contributed by atoms with Gasteiger partial charge in [0.1, 0.15) is 0 Å². The van der Waals surface area contributed by atoms with Crippen LogP contribution in [0.15, 0.2) is 60.9 Å². The van der Waals surface area contributed by atoms with Crippen molar-refractivity contribution >= 4 is 5.57 Å². The van der Waals surface area contributed by atoms with E-state index in [0.717, 1.165) is 13.0 Å². The molecule has 1 aliphatic heterocycles. The molecule has 2 bridgehead atoms. The Morgan fingerprint density at radius 1 is 1.10 bits per heavy atom. The van der Waals surface area contributed by atoms with Crippen LogP contribution in [-0.2, 0) is 6.54 Å². The fourth-order valence-corrected chi connectivity index (χ4v) is 3.74. The second-order valence-corrected chi connectivity index (χ2v) is 6.20. The number of hydrogen-bond donors (Lipinski definition) is 0. The van der Waals surface area contributed by atoms with E-state index in [4.69, 9.17) is 0 Å². The summed E-state index contributed by atoms with van der Waals surface area (Å²) in [7, 11) is 0. The molecule has 1 aliphatic carbocycles. The molecule has 2 heterocycles. The van der Waals surface area contributed by atoms with Gasteiger partial charge in [-0.3, -0.25) is 9.88 Å². The third-order valence-electron chi connectivity index (χ3n) is 4.71. The second-order valence-electron chi connectivity index (χ2n) is 6.20. The Morgan fingerprint density at radius 3 is 2.81 bits per heavy atom. The van der Waals surface area contributed by atoms with E-state index in [1.54, 1.807) is 0 Å². The van der Waals surface area contributed by atoms with Gasteiger partial charge in [0.05, 0.1) is 0 Å². The van der Waals surface area contributed by atoms with Crippen LogP contribution in [0.1, 0.15) is 24.0 Å². The summed E-state index contributed by atoms with van der Waals surface area (Å²) < 4.78 is 0. The topological polar surface area (TPSA) is 16.1 Å². The van der Waals surface area contributed by atoms with E-state index in [-0.39, 0.29) is 0 Å². The molecule has 0 radical (unpaired) electrons. The van der Waals surface area contributed by atoms with Crippen LogP contribution in [0.5, 0.6) is 0 Å². The minimum Gasteiger partial charge on any atom is -0.295 e. The monoisotopic (exact) mass is 276 g/mol. The summed E-state index contributed by atoms with van der Waals surface area (Å²) in [5, 5.41) is 0. The van der Waals surface area contributed by atoms with Gasteiger partial charge in [-0.15, -0.1) is 0 Å². The fourth-order valence-electron chi connectivity index (χ4n) is 3.74. The van der Waals surface area contributed by atoms with Crippen molar-refractivity contribution in [2.75, 3.05) is 6.54 Å². The third-order valence-corrected chi connectivity index (χ3v) is 4.71. The van der Waals surface area contributed by atoms with E-state index < -0.39 is 0 Å². The van der Waals surface area contributed by atoms with E-state index >= 15 is 0 Å². The van der Waals surface area contributed by atoms with Gasteiger partial charge in [-0.2, -0.15) is 0 Å². The maximum atomic E-state index is 4.26. The quantitative estimate of drug-likeness (QED) is 0.848. The molecule has 0 spiro atoms. The van der Waals surface area contributed by atoms with E-state index in [0.29, 0.717) is 12.0 Å². The van der Waals surface area contributed by atoms with Crippen molar-refractivity contribution < 1.29 is 0 Å². The molecule has 1 aromatic carbocycles. The Morgan fingerprint density at radius 2 is 2.00 bits per heavy atom. The van der Waals surface area contributed by atoms with Gasteiger partial charge >= 0.3 is 0 Å². The lowest BCUT2D eigenvalue weighted by Gasteiger charge is -2.25. The van der Waals surface area contributed by atoms with Crippen LogP contribution in [0.25, 0.3) is 5.57 Å². The fraction of sp³-hybridized carbons (Fsp3) is 0.316. The Kier molecular flexibility index (Phi) is 3.32. The van der Waals surface area contributed by atoms with Crippen molar-refractivity contribution in [2.45, 2.75) is 25.4 Å². The standard InChI is InChI=1S/C19H20N2/c1-2-5-15(6-3-1)13-21-14-16-9-18(11-19(21)10-16)17-7-4-8-20-12-17/h1-9,12,16,19H,10-11,13-14H2/t16-,19-/m1/s1. The van der Waals surface area contributed by atoms with E-state index in [2.05, 4.69) is 52.4 Å². The van der Waals surface area contributed by atoms with Crippen LogP contribution >= 0.6 is 0 Å². The van der Waals surface area contributed by atoms with Crippen LogP contribution in [-0.4, -0.2) is 22.5 Å². The second kappa shape index (κ2) is 5.45. The number of pyridine rings is 1. The molecular formula is C19H20N2. The molecule has 0 unspecified atom stereocenters. The number of nitrogens with zero attached hydrogens (tertiary/aromatic N) is 2. The van der Waals surface area contributed by atoms with E-state index in [1.165, 1.54) is 29.7 Å². The minimum atomic E-state index is 0.690. The predicted octanol–water partition coefficient (Wildman–Crippen LogP) is 3.76. The summed E-state index contributed by atoms with van der Waals surface area (Å²) in [5.41, 5.74) is 4.21. The summed E-state index contributed by atoms with van der Waals surface area (Å²) >= 11 is 0. The molecule has 21 heavy (non-hydrogen) atoms. The van der Waals surface area contributed by atoms with Crippen molar-refractivity contribution in [3.05, 3.63) is 72.1 Å². The zero-order chi connectivity index (χ0) is 14.1. The highest BCUT2D eigenvalue weighted by Crippen LogP contribution is 2.38. The molecule has 2 aromatic rings. The number of fused-ring (bicyclic) bond motifs is 2. The largest absolute Gasteiger partial charge is 0.295 e. The van der Waals surface area contributed by atoms with Gasteiger partial charge in [0.15, 0.2) is 0 Å². The first-order chi connectivity index (χ1) is 10.4. The van der Waals surface area contributed by atoms with Gasteiger partial charge < -0.3 is 0 Å². The van der Waals surface area contributed by atoms with Crippen molar-refractivity contribution in [2.24, 2.45) is 5.92 Å². The van der Waals surface area contributed by atoms with Crippen LogP contribution in [0.3, 0.4) is 0 Å². The van der Waals surface area contributed by atoms with Crippen molar-refractivity contribution in [1.82, 2.24) is 9.88 Å². The van der Waals surface area contributed by atoms with Crippen LogP contribution < -0.4 is 0 Å². The predicted molar refractivity (Wildman–Crippen MR) is 85.6 cm³/mol. The highest BCUT2D eigenvalue weighted by atomic mass is 15.2. The smallest absolute Gasteiger partial charge is 0.0342 e. The SMILES string of the molecule is C1=C(c2cccnc2)C[C@H]2C[C@@H]1CN2Cc1ccccc1. The van der Waals surface area contributed by atoms with Gasteiger partial charge in [0.25, 0.3) is 0 Å². The van der Waals surface area contributed by atoms with Crippen molar-refractivity contribution in [3.8, 4) is 0 Å². The summed E-state index contributed by atoms with van der Waals surface area (Å²) in [4.78, 5) is 6.92. The minimum absolute atomic E-state index is 0.690. The molecule has 2 atom stereocenters. The maximum absolute atomic E-state index is 4.26. The highest BCUT2D eigenvalue weighted by Gasteiger charge is 2.35. The number of likely N-dealkylation sites (tertiary alicyclic amines) is 1. The first-order valence-electron chi connectivity index (χ1n) is 7.77. The Bertz CT molecular complexity index is 633. The number of aromatic nitrogens is 1. The first kappa shape index (κ1) is 12.8. The summed E-state index contributed by atoms with van der Waals surface area (Å²) in [6.45, 7) is 2.28. The molecule has 2 heteroatoms. The summed E-state index contributed by atoms with van der Waals surface area (Å²) in [6, 6.07) is 15.7. The van der Waals surface area contributed by atoms with Gasteiger partial charge in [-0.25, -0.2) is 0 Å². The normalized spacial score (nSPS) is 24.9. The molecule has 106 valence electrons. The lowest BCUT2D eigenvalue weighted by Crippen LogP contribution is -2.28. The summed E-state index contributed by atoms with van der Waals surface area (Å²) in [5.74, 6) is 0.711. The zero-order valence-electron chi connectivity index (χ0n) is 12.2. The van der Waals surface area contributed by atoms with Crippen molar-refractivity contribution in [1.29, 1.82) is 0 Å². The molecule has 2 aliphatic rings.